The van der Waals surface area contributed by atoms with Gasteiger partial charge in [-0.2, -0.15) is 0 Å². The lowest BCUT2D eigenvalue weighted by Crippen LogP contribution is -2.20. The molecule has 1 rings (SSSR count). The second-order valence-electron chi connectivity index (χ2n) is 3.94. The Kier molecular flexibility index (Phi) is 5.25. The Balaban J connectivity index is 2.63. The zero-order valence-corrected chi connectivity index (χ0v) is 10.8. The van der Waals surface area contributed by atoms with Crippen LogP contribution in [0.1, 0.15) is 13.3 Å². The monoisotopic (exact) mass is 256 g/mol. The Hall–Kier alpha value is -1.26. The Morgan fingerprint density at radius 2 is 2.29 bits per heavy atom. The van der Waals surface area contributed by atoms with Crippen molar-refractivity contribution in [1.29, 1.82) is 0 Å². The number of carbonyl (C=O) groups excluding carboxylic acids is 1. The van der Waals surface area contributed by atoms with Crippen LogP contribution < -0.4 is 15.8 Å². The van der Waals surface area contributed by atoms with E-state index in [-0.39, 0.29) is 11.8 Å². The summed E-state index contributed by atoms with van der Waals surface area (Å²) in [4.78, 5) is 11.6. The van der Waals surface area contributed by atoms with Crippen molar-refractivity contribution in [2.75, 3.05) is 19.0 Å². The number of benzene rings is 1. The molecule has 0 aliphatic carbocycles. The highest BCUT2D eigenvalue weighted by atomic mass is 35.5. The van der Waals surface area contributed by atoms with Gasteiger partial charge in [0.2, 0.25) is 5.91 Å². The van der Waals surface area contributed by atoms with Gasteiger partial charge in [-0.15, -0.1) is 0 Å². The Morgan fingerprint density at radius 3 is 2.82 bits per heavy atom. The Labute approximate surface area is 106 Å². The van der Waals surface area contributed by atoms with E-state index in [0.717, 1.165) is 0 Å². The first-order valence-electron chi connectivity index (χ1n) is 5.40. The minimum Gasteiger partial charge on any atom is -0.495 e. The number of hydrogen-bond acceptors (Lipinski definition) is 3. The number of rotatable bonds is 5. The van der Waals surface area contributed by atoms with Crippen molar-refractivity contribution in [3.63, 3.8) is 0 Å². The van der Waals surface area contributed by atoms with Gasteiger partial charge in [0.15, 0.2) is 0 Å². The summed E-state index contributed by atoms with van der Waals surface area (Å²) < 4.78 is 5.03. The number of anilines is 1. The topological polar surface area (TPSA) is 64.3 Å². The molecule has 0 bridgehead atoms. The number of nitrogens with two attached hydrogens (primary N) is 1. The van der Waals surface area contributed by atoms with Crippen LogP contribution in [0, 0.1) is 5.92 Å². The number of carbonyl (C=O) groups is 1. The van der Waals surface area contributed by atoms with Crippen LogP contribution in [0.5, 0.6) is 5.75 Å². The van der Waals surface area contributed by atoms with E-state index in [1.807, 2.05) is 6.92 Å². The van der Waals surface area contributed by atoms with E-state index in [1.54, 1.807) is 25.3 Å². The predicted octanol–water partition coefficient (Wildman–Crippen LogP) is 2.27. The summed E-state index contributed by atoms with van der Waals surface area (Å²) in [5.41, 5.74) is 6.12. The van der Waals surface area contributed by atoms with Gasteiger partial charge in [-0.25, -0.2) is 0 Å². The molecule has 0 heterocycles. The van der Waals surface area contributed by atoms with Crippen LogP contribution in [0.2, 0.25) is 5.02 Å². The van der Waals surface area contributed by atoms with Gasteiger partial charge < -0.3 is 15.8 Å². The fourth-order valence-electron chi connectivity index (χ4n) is 1.36. The average Bonchev–Trinajstić information content (AvgIpc) is 2.29. The Bertz CT molecular complexity index is 396. The summed E-state index contributed by atoms with van der Waals surface area (Å²) in [6.07, 6.45) is 0.403. The molecule has 1 unspecified atom stereocenters. The maximum Gasteiger partial charge on any atom is 0.224 e. The van der Waals surface area contributed by atoms with E-state index in [4.69, 9.17) is 22.1 Å². The van der Waals surface area contributed by atoms with E-state index < -0.39 is 0 Å². The number of hydrogen-bond donors (Lipinski definition) is 2. The zero-order chi connectivity index (χ0) is 12.8. The van der Waals surface area contributed by atoms with Crippen LogP contribution in [0.3, 0.4) is 0 Å². The summed E-state index contributed by atoms with van der Waals surface area (Å²) in [6, 6.07) is 5.12. The summed E-state index contributed by atoms with van der Waals surface area (Å²) in [5.74, 6) is 0.688. The quantitative estimate of drug-likeness (QED) is 0.849. The third kappa shape index (κ3) is 4.24. The van der Waals surface area contributed by atoms with Gasteiger partial charge in [0, 0.05) is 12.1 Å². The minimum absolute atomic E-state index is 0.0656. The lowest BCUT2D eigenvalue weighted by atomic mass is 10.1. The maximum atomic E-state index is 11.6. The first-order chi connectivity index (χ1) is 8.06. The minimum atomic E-state index is -0.0656. The average molecular weight is 257 g/mol. The van der Waals surface area contributed by atoms with Crippen LogP contribution in [-0.2, 0) is 4.79 Å². The molecule has 0 saturated carbocycles. The van der Waals surface area contributed by atoms with Crippen LogP contribution in [0.4, 0.5) is 5.69 Å². The second kappa shape index (κ2) is 6.47. The summed E-state index contributed by atoms with van der Waals surface area (Å²) in [5, 5.41) is 3.23. The molecule has 0 aliphatic rings. The smallest absolute Gasteiger partial charge is 0.224 e. The van der Waals surface area contributed by atoms with E-state index in [9.17, 15) is 4.79 Å². The lowest BCUT2D eigenvalue weighted by molar-refractivity contribution is -0.116. The fraction of sp³-hybridized carbons (Fsp3) is 0.417. The molecular weight excluding hydrogens is 240 g/mol. The molecule has 0 saturated heterocycles. The summed E-state index contributed by atoms with van der Waals surface area (Å²) in [6.45, 7) is 2.43. The SMILES string of the molecule is COc1ccc(NC(=O)CC(C)CN)cc1Cl. The van der Waals surface area contributed by atoms with Gasteiger partial charge in [-0.3, -0.25) is 4.79 Å². The van der Waals surface area contributed by atoms with E-state index in [2.05, 4.69) is 5.32 Å². The number of methoxy groups -OCH3 is 1. The molecule has 1 amide bonds. The van der Waals surface area contributed by atoms with Crippen molar-refractivity contribution < 1.29 is 9.53 Å². The zero-order valence-electron chi connectivity index (χ0n) is 10.00. The molecule has 3 N–H and O–H groups in total. The maximum absolute atomic E-state index is 11.6. The van der Waals surface area contributed by atoms with E-state index in [0.29, 0.717) is 29.4 Å². The molecular formula is C12H17ClN2O2. The molecule has 0 radical (unpaired) electrons. The number of ether oxygens (including phenoxy) is 1. The van der Waals surface area contributed by atoms with Gasteiger partial charge in [-0.05, 0) is 30.7 Å². The predicted molar refractivity (Wildman–Crippen MR) is 69.5 cm³/mol. The lowest BCUT2D eigenvalue weighted by Gasteiger charge is -2.10. The van der Waals surface area contributed by atoms with Crippen molar-refractivity contribution in [2.45, 2.75) is 13.3 Å². The van der Waals surface area contributed by atoms with Gasteiger partial charge in [0.05, 0.1) is 12.1 Å². The molecule has 0 aromatic heterocycles. The molecule has 4 nitrogen and oxygen atoms in total. The van der Waals surface area contributed by atoms with Gasteiger partial charge in [0.1, 0.15) is 5.75 Å². The first kappa shape index (κ1) is 13.8. The van der Waals surface area contributed by atoms with Crippen molar-refractivity contribution in [3.8, 4) is 5.75 Å². The van der Waals surface area contributed by atoms with Crippen molar-refractivity contribution in [1.82, 2.24) is 0 Å². The highest BCUT2D eigenvalue weighted by Gasteiger charge is 2.09. The largest absolute Gasteiger partial charge is 0.495 e. The van der Waals surface area contributed by atoms with Crippen molar-refractivity contribution in [3.05, 3.63) is 23.2 Å². The van der Waals surface area contributed by atoms with Crippen LogP contribution in [-0.4, -0.2) is 19.6 Å². The molecule has 0 spiro atoms. The summed E-state index contributed by atoms with van der Waals surface area (Å²) >= 11 is 5.95. The molecule has 17 heavy (non-hydrogen) atoms. The van der Waals surface area contributed by atoms with Gasteiger partial charge in [0.25, 0.3) is 0 Å². The number of halogens is 1. The normalized spacial score (nSPS) is 12.0. The van der Waals surface area contributed by atoms with E-state index in [1.165, 1.54) is 0 Å². The van der Waals surface area contributed by atoms with Gasteiger partial charge >= 0.3 is 0 Å². The summed E-state index contributed by atoms with van der Waals surface area (Å²) in [7, 11) is 1.54. The standard InChI is InChI=1S/C12H17ClN2O2/c1-8(7-14)5-12(16)15-9-3-4-11(17-2)10(13)6-9/h3-4,6,8H,5,7,14H2,1-2H3,(H,15,16). The third-order valence-electron chi connectivity index (χ3n) is 2.37. The van der Waals surface area contributed by atoms with Gasteiger partial charge in [-0.1, -0.05) is 18.5 Å². The van der Waals surface area contributed by atoms with Crippen LogP contribution in [0.25, 0.3) is 0 Å². The molecule has 5 heteroatoms. The Morgan fingerprint density at radius 1 is 1.59 bits per heavy atom. The van der Waals surface area contributed by atoms with Crippen LogP contribution >= 0.6 is 11.6 Å². The third-order valence-corrected chi connectivity index (χ3v) is 2.67. The molecule has 94 valence electrons. The molecule has 0 fully saturated rings. The van der Waals surface area contributed by atoms with Crippen LogP contribution in [0.15, 0.2) is 18.2 Å². The fourth-order valence-corrected chi connectivity index (χ4v) is 1.61. The molecule has 1 aromatic carbocycles. The molecule has 1 aromatic rings. The molecule has 1 atom stereocenters. The van der Waals surface area contributed by atoms with E-state index >= 15 is 0 Å². The van der Waals surface area contributed by atoms with Crippen molar-refractivity contribution >= 4 is 23.2 Å². The molecule has 0 aliphatic heterocycles. The number of nitrogens with one attached hydrogen (secondary N) is 1. The first-order valence-corrected chi connectivity index (χ1v) is 5.78. The highest BCUT2D eigenvalue weighted by Crippen LogP contribution is 2.27. The number of amides is 1. The second-order valence-corrected chi connectivity index (χ2v) is 4.35. The highest BCUT2D eigenvalue weighted by molar-refractivity contribution is 6.32. The van der Waals surface area contributed by atoms with Crippen molar-refractivity contribution in [2.24, 2.45) is 11.7 Å².